The number of aliphatic hydroxyl groups is 1. The zero-order valence-electron chi connectivity index (χ0n) is 5.37. The molecule has 54 valence electrons. The third-order valence-corrected chi connectivity index (χ3v) is 1.18. The van der Waals surface area contributed by atoms with Crippen LogP contribution in [0.4, 0.5) is 4.39 Å². The minimum atomic E-state index is -1.07. The quantitative estimate of drug-likeness (QED) is 0.668. The first-order valence-corrected chi connectivity index (χ1v) is 2.99. The molecule has 3 heteroatoms. The van der Waals surface area contributed by atoms with Gasteiger partial charge in [0.05, 0.1) is 5.69 Å². The Balaban J connectivity index is 2.75. The minimum Gasteiger partial charge on any atom is -0.384 e. The lowest BCUT2D eigenvalue weighted by Gasteiger charge is -2.02. The van der Waals surface area contributed by atoms with Gasteiger partial charge in [-0.1, -0.05) is 6.07 Å². The Morgan fingerprint density at radius 1 is 1.60 bits per heavy atom. The molecule has 1 aromatic heterocycles. The standard InChI is InChI=1S/C7H8FNO/c8-5-7(10)6-3-1-2-4-9-6/h1-4,7,10H,5H2. The van der Waals surface area contributed by atoms with Crippen LogP contribution in [0.3, 0.4) is 0 Å². The summed E-state index contributed by atoms with van der Waals surface area (Å²) in [7, 11) is 0. The third-order valence-electron chi connectivity index (χ3n) is 1.18. The lowest BCUT2D eigenvalue weighted by Crippen LogP contribution is -2.00. The van der Waals surface area contributed by atoms with Crippen LogP contribution in [0.2, 0.25) is 0 Å². The Labute approximate surface area is 58.3 Å². The normalized spacial score (nSPS) is 13.0. The Morgan fingerprint density at radius 2 is 2.40 bits per heavy atom. The minimum absolute atomic E-state index is 0.380. The summed E-state index contributed by atoms with van der Waals surface area (Å²) in [6, 6.07) is 5.01. The largest absolute Gasteiger partial charge is 0.384 e. The monoisotopic (exact) mass is 141 g/mol. The van der Waals surface area contributed by atoms with Crippen molar-refractivity contribution in [1.29, 1.82) is 0 Å². The number of halogens is 1. The number of hydrogen-bond acceptors (Lipinski definition) is 2. The van der Waals surface area contributed by atoms with Crippen LogP contribution in [0.5, 0.6) is 0 Å². The molecule has 0 aliphatic heterocycles. The predicted molar refractivity (Wildman–Crippen MR) is 35.2 cm³/mol. The molecule has 0 aromatic carbocycles. The molecule has 0 aliphatic carbocycles. The molecule has 1 atom stereocenters. The van der Waals surface area contributed by atoms with Gasteiger partial charge in [-0.15, -0.1) is 0 Å². The molecule has 0 bridgehead atoms. The van der Waals surface area contributed by atoms with Gasteiger partial charge in [0.15, 0.2) is 0 Å². The van der Waals surface area contributed by atoms with E-state index < -0.39 is 12.8 Å². The Bertz CT molecular complexity index is 190. The summed E-state index contributed by atoms with van der Waals surface area (Å²) < 4.78 is 11.8. The summed E-state index contributed by atoms with van der Waals surface area (Å²) in [6.07, 6.45) is 0.454. The molecule has 2 nitrogen and oxygen atoms in total. The molecule has 1 unspecified atom stereocenters. The number of nitrogens with zero attached hydrogens (tertiary/aromatic N) is 1. The Kier molecular flexibility index (Phi) is 2.34. The van der Waals surface area contributed by atoms with Crippen molar-refractivity contribution in [1.82, 2.24) is 4.98 Å². The van der Waals surface area contributed by atoms with Crippen molar-refractivity contribution in [3.63, 3.8) is 0 Å². The highest BCUT2D eigenvalue weighted by Gasteiger charge is 2.05. The van der Waals surface area contributed by atoms with Gasteiger partial charge in [-0.05, 0) is 12.1 Å². The average molecular weight is 141 g/mol. The summed E-state index contributed by atoms with van der Waals surface area (Å²) in [6.45, 7) is -0.781. The molecule has 0 spiro atoms. The first kappa shape index (κ1) is 7.15. The lowest BCUT2D eigenvalue weighted by atomic mass is 10.2. The highest BCUT2D eigenvalue weighted by molar-refractivity contribution is 5.06. The van der Waals surface area contributed by atoms with E-state index in [1.165, 1.54) is 6.20 Å². The molecule has 0 saturated carbocycles. The molecule has 0 radical (unpaired) electrons. The second kappa shape index (κ2) is 3.27. The number of aliphatic hydroxyl groups excluding tert-OH is 1. The van der Waals surface area contributed by atoms with Crippen molar-refractivity contribution in [2.24, 2.45) is 0 Å². The molecule has 0 fully saturated rings. The fourth-order valence-corrected chi connectivity index (χ4v) is 0.652. The highest BCUT2D eigenvalue weighted by Crippen LogP contribution is 2.07. The fourth-order valence-electron chi connectivity index (χ4n) is 0.652. The van der Waals surface area contributed by atoms with E-state index in [-0.39, 0.29) is 0 Å². The fraction of sp³-hybridized carbons (Fsp3) is 0.286. The van der Waals surface area contributed by atoms with E-state index >= 15 is 0 Å². The van der Waals surface area contributed by atoms with Gasteiger partial charge in [0.1, 0.15) is 12.8 Å². The van der Waals surface area contributed by atoms with E-state index in [1.807, 2.05) is 0 Å². The Hall–Kier alpha value is -0.960. The van der Waals surface area contributed by atoms with Crippen molar-refractivity contribution in [2.45, 2.75) is 6.10 Å². The molecule has 1 aromatic rings. The van der Waals surface area contributed by atoms with Crippen molar-refractivity contribution in [3.05, 3.63) is 30.1 Å². The molecule has 1 heterocycles. The van der Waals surface area contributed by atoms with Gasteiger partial charge in [0.25, 0.3) is 0 Å². The van der Waals surface area contributed by atoms with Gasteiger partial charge in [-0.2, -0.15) is 0 Å². The first-order chi connectivity index (χ1) is 4.84. The summed E-state index contributed by atoms with van der Waals surface area (Å²) in [5, 5.41) is 8.89. The van der Waals surface area contributed by atoms with Crippen LogP contribution in [0.1, 0.15) is 11.8 Å². The molecular formula is C7H8FNO. The van der Waals surface area contributed by atoms with Gasteiger partial charge in [-0.3, -0.25) is 4.98 Å². The molecule has 1 N–H and O–H groups in total. The third kappa shape index (κ3) is 1.51. The lowest BCUT2D eigenvalue weighted by molar-refractivity contribution is 0.137. The van der Waals surface area contributed by atoms with Gasteiger partial charge in [-0.25, -0.2) is 4.39 Å². The highest BCUT2D eigenvalue weighted by atomic mass is 19.1. The summed E-state index contributed by atoms with van der Waals surface area (Å²) in [5.41, 5.74) is 0.380. The van der Waals surface area contributed by atoms with Crippen LogP contribution in [0, 0.1) is 0 Å². The summed E-state index contributed by atoms with van der Waals surface area (Å²) in [4.78, 5) is 3.76. The van der Waals surface area contributed by atoms with Crippen LogP contribution in [-0.4, -0.2) is 16.8 Å². The van der Waals surface area contributed by atoms with Gasteiger partial charge in [0, 0.05) is 6.20 Å². The number of hydrogen-bond donors (Lipinski definition) is 1. The van der Waals surface area contributed by atoms with Crippen molar-refractivity contribution in [2.75, 3.05) is 6.67 Å². The zero-order chi connectivity index (χ0) is 7.40. The van der Waals surface area contributed by atoms with E-state index in [0.717, 1.165) is 0 Å². The second-order valence-corrected chi connectivity index (χ2v) is 1.92. The SMILES string of the molecule is OC(CF)c1ccccn1. The van der Waals surface area contributed by atoms with Gasteiger partial charge in [0.2, 0.25) is 0 Å². The van der Waals surface area contributed by atoms with Crippen LogP contribution in [0.25, 0.3) is 0 Å². The van der Waals surface area contributed by atoms with Gasteiger partial charge < -0.3 is 5.11 Å². The summed E-state index contributed by atoms with van der Waals surface area (Å²) in [5.74, 6) is 0. The summed E-state index contributed by atoms with van der Waals surface area (Å²) >= 11 is 0. The maximum Gasteiger partial charge on any atom is 0.124 e. The topological polar surface area (TPSA) is 33.1 Å². The first-order valence-electron chi connectivity index (χ1n) is 2.99. The molecular weight excluding hydrogens is 133 g/mol. The number of pyridine rings is 1. The molecule has 0 amide bonds. The van der Waals surface area contributed by atoms with Crippen LogP contribution >= 0.6 is 0 Å². The maximum absolute atomic E-state index is 11.8. The average Bonchev–Trinajstić information content (AvgIpc) is 2.05. The molecule has 0 aliphatic rings. The smallest absolute Gasteiger partial charge is 0.124 e. The van der Waals surface area contributed by atoms with E-state index in [4.69, 9.17) is 5.11 Å². The number of aromatic nitrogens is 1. The van der Waals surface area contributed by atoms with Crippen molar-refractivity contribution in [3.8, 4) is 0 Å². The zero-order valence-corrected chi connectivity index (χ0v) is 5.37. The van der Waals surface area contributed by atoms with E-state index in [0.29, 0.717) is 5.69 Å². The maximum atomic E-state index is 11.8. The molecule has 0 saturated heterocycles. The molecule has 1 rings (SSSR count). The van der Waals surface area contributed by atoms with Gasteiger partial charge >= 0.3 is 0 Å². The number of alkyl halides is 1. The van der Waals surface area contributed by atoms with Crippen molar-refractivity contribution >= 4 is 0 Å². The van der Waals surface area contributed by atoms with E-state index in [1.54, 1.807) is 18.2 Å². The Morgan fingerprint density at radius 3 is 2.90 bits per heavy atom. The van der Waals surface area contributed by atoms with E-state index in [2.05, 4.69) is 4.98 Å². The van der Waals surface area contributed by atoms with Crippen LogP contribution in [0.15, 0.2) is 24.4 Å². The second-order valence-electron chi connectivity index (χ2n) is 1.92. The molecule has 10 heavy (non-hydrogen) atoms. The van der Waals surface area contributed by atoms with Crippen LogP contribution in [-0.2, 0) is 0 Å². The number of rotatable bonds is 2. The van der Waals surface area contributed by atoms with E-state index in [9.17, 15) is 4.39 Å². The van der Waals surface area contributed by atoms with Crippen molar-refractivity contribution < 1.29 is 9.50 Å². The predicted octanol–water partition coefficient (Wildman–Crippen LogP) is 1.08. The van der Waals surface area contributed by atoms with Crippen LogP contribution < -0.4 is 0 Å².